The van der Waals surface area contributed by atoms with Crippen molar-refractivity contribution in [2.24, 2.45) is 10.4 Å². The number of hydrogen-bond acceptors (Lipinski definition) is 2. The van der Waals surface area contributed by atoms with Gasteiger partial charge in [-0.15, -0.1) is 23.2 Å². The predicted molar refractivity (Wildman–Crippen MR) is 84.7 cm³/mol. The van der Waals surface area contributed by atoms with Crippen LogP contribution in [0, 0.1) is 5.41 Å². The molecular weight excluding hydrogens is 307 g/mol. The molecule has 0 spiro atoms. The second kappa shape index (κ2) is 5.44. The second-order valence-electron chi connectivity index (χ2n) is 6.37. The van der Waals surface area contributed by atoms with E-state index in [2.05, 4.69) is 0 Å². The lowest BCUT2D eigenvalue weighted by molar-refractivity contribution is 0.0817. The minimum Gasteiger partial charge on any atom is -0.273 e. The third-order valence-corrected chi connectivity index (χ3v) is 5.78. The van der Waals surface area contributed by atoms with Gasteiger partial charge in [0.25, 0.3) is 0 Å². The van der Waals surface area contributed by atoms with E-state index >= 15 is 0 Å². The lowest BCUT2D eigenvalue weighted by Crippen LogP contribution is -2.34. The minimum absolute atomic E-state index is 0.0670. The molecule has 0 amide bonds. The number of rotatable bonds is 2. The average Bonchev–Trinajstić information content (AvgIpc) is 3.00. The molecule has 2 saturated carbocycles. The zero-order valence-corrected chi connectivity index (χ0v) is 13.7. The number of hydrogen-bond donors (Lipinski definition) is 0. The van der Waals surface area contributed by atoms with E-state index in [-0.39, 0.29) is 5.91 Å². The van der Waals surface area contributed by atoms with E-state index in [0.29, 0.717) is 18.0 Å². The molecule has 3 rings (SSSR count). The summed E-state index contributed by atoms with van der Waals surface area (Å²) in [5.74, 6) is -0.0670. The van der Waals surface area contributed by atoms with Crippen LogP contribution in [0.5, 0.6) is 0 Å². The highest BCUT2D eigenvalue weighted by Crippen LogP contribution is 2.64. The highest BCUT2D eigenvalue weighted by atomic mass is 35.5. The van der Waals surface area contributed by atoms with Crippen molar-refractivity contribution in [1.29, 1.82) is 0 Å². The molecule has 3 nitrogen and oxygen atoms in total. The maximum atomic E-state index is 12.7. The van der Waals surface area contributed by atoms with E-state index in [4.69, 9.17) is 28.2 Å². The van der Waals surface area contributed by atoms with Gasteiger partial charge in [0.2, 0.25) is 5.91 Å². The Kier molecular flexibility index (Phi) is 3.91. The largest absolute Gasteiger partial charge is 0.273 e. The third-order valence-electron chi connectivity index (χ3n) is 4.68. The number of halogens is 2. The Balaban J connectivity index is 1.93. The number of carbonyl (C=O) groups excluding carboxylic acids is 1. The highest BCUT2D eigenvalue weighted by molar-refractivity contribution is 6.53. The van der Waals surface area contributed by atoms with Crippen LogP contribution in [-0.4, -0.2) is 20.8 Å². The molecule has 0 saturated heterocycles. The van der Waals surface area contributed by atoms with Crippen LogP contribution in [0.2, 0.25) is 0 Å². The summed E-state index contributed by atoms with van der Waals surface area (Å²) in [5.41, 5.74) is 0.00514. The quantitative estimate of drug-likeness (QED) is 0.758. The summed E-state index contributed by atoms with van der Waals surface area (Å²) in [4.78, 5) is 17.5. The first kappa shape index (κ1) is 15.1. The molecule has 0 radical (unpaired) electrons. The molecule has 1 aromatic rings. The molecule has 1 unspecified atom stereocenters. The predicted octanol–water partition coefficient (Wildman–Crippen LogP) is 3.95. The minimum atomic E-state index is -0.949. The molecular formula is C16H20Cl2N2O. The van der Waals surface area contributed by atoms with Crippen molar-refractivity contribution in [1.82, 2.24) is 4.57 Å². The van der Waals surface area contributed by atoms with E-state index in [1.165, 1.54) is 19.3 Å². The molecule has 114 valence electrons. The number of aromatic nitrogens is 1. The summed E-state index contributed by atoms with van der Waals surface area (Å²) in [6.07, 6.45) is 8.20. The van der Waals surface area contributed by atoms with Crippen LogP contribution in [0.4, 0.5) is 0 Å². The summed E-state index contributed by atoms with van der Waals surface area (Å²) in [5, 5.41) is 0. The maximum absolute atomic E-state index is 12.7. The van der Waals surface area contributed by atoms with E-state index in [9.17, 15) is 4.79 Å². The Morgan fingerprint density at radius 2 is 1.95 bits per heavy atom. The van der Waals surface area contributed by atoms with Gasteiger partial charge in [0.15, 0.2) is 0 Å². The standard InChI is InChI=1S/C16H20Cl2N2O/c1-15(11-16(15,17)18)14(21)20-10-6-5-9-13(20)19-12-7-3-2-4-8-12/h5-6,9-10,12H,2-4,7-8,11H2,1H3. The van der Waals surface area contributed by atoms with Gasteiger partial charge in [0.1, 0.15) is 9.82 Å². The molecule has 0 aliphatic heterocycles. The van der Waals surface area contributed by atoms with Crippen molar-refractivity contribution in [3.63, 3.8) is 0 Å². The van der Waals surface area contributed by atoms with Crippen LogP contribution in [0.3, 0.4) is 0 Å². The van der Waals surface area contributed by atoms with E-state index < -0.39 is 9.75 Å². The maximum Gasteiger partial charge on any atom is 0.241 e. The Hall–Kier alpha value is -0.800. The van der Waals surface area contributed by atoms with Crippen molar-refractivity contribution in [3.8, 4) is 0 Å². The van der Waals surface area contributed by atoms with Crippen LogP contribution in [0.15, 0.2) is 29.4 Å². The zero-order chi connectivity index (χ0) is 15.1. The van der Waals surface area contributed by atoms with Gasteiger partial charge in [-0.2, -0.15) is 0 Å². The molecule has 2 aliphatic rings. The lowest BCUT2D eigenvalue weighted by atomic mass is 9.96. The Bertz CT molecular complexity index is 617. The van der Waals surface area contributed by atoms with E-state index in [1.54, 1.807) is 10.8 Å². The summed E-state index contributed by atoms with van der Waals surface area (Å²) < 4.78 is 0.663. The molecule has 0 N–H and O–H groups in total. The fourth-order valence-electron chi connectivity index (χ4n) is 3.01. The van der Waals surface area contributed by atoms with Crippen molar-refractivity contribution < 1.29 is 4.79 Å². The Morgan fingerprint density at radius 3 is 2.57 bits per heavy atom. The van der Waals surface area contributed by atoms with Gasteiger partial charge < -0.3 is 0 Å². The van der Waals surface area contributed by atoms with Gasteiger partial charge in [0, 0.05) is 6.20 Å². The fraction of sp³-hybridized carbons (Fsp3) is 0.625. The molecule has 5 heteroatoms. The van der Waals surface area contributed by atoms with Crippen molar-refractivity contribution in [2.45, 2.75) is 55.8 Å². The summed E-state index contributed by atoms with van der Waals surface area (Å²) in [7, 11) is 0. The van der Waals surface area contributed by atoms with Crippen LogP contribution >= 0.6 is 23.2 Å². The molecule has 0 aromatic carbocycles. The molecule has 2 fully saturated rings. The molecule has 0 bridgehead atoms. The zero-order valence-electron chi connectivity index (χ0n) is 12.2. The first-order valence-electron chi connectivity index (χ1n) is 7.58. The topological polar surface area (TPSA) is 34.4 Å². The van der Waals surface area contributed by atoms with Crippen LogP contribution in [0.25, 0.3) is 0 Å². The smallest absolute Gasteiger partial charge is 0.241 e. The third kappa shape index (κ3) is 2.78. The van der Waals surface area contributed by atoms with Gasteiger partial charge in [-0.3, -0.25) is 14.4 Å². The fourth-order valence-corrected chi connectivity index (χ4v) is 3.70. The second-order valence-corrected chi connectivity index (χ2v) is 7.85. The van der Waals surface area contributed by atoms with E-state index in [1.807, 2.05) is 25.1 Å². The summed E-state index contributed by atoms with van der Waals surface area (Å²) in [6, 6.07) is 5.97. The lowest BCUT2D eigenvalue weighted by Gasteiger charge is -2.18. The van der Waals surface area contributed by atoms with Crippen LogP contribution in [-0.2, 0) is 0 Å². The van der Waals surface area contributed by atoms with Crippen molar-refractivity contribution in [3.05, 3.63) is 29.9 Å². The summed E-state index contributed by atoms with van der Waals surface area (Å²) in [6.45, 7) is 1.82. The van der Waals surface area contributed by atoms with Gasteiger partial charge in [-0.25, -0.2) is 0 Å². The molecule has 1 aromatic heterocycles. The molecule has 1 atom stereocenters. The normalized spacial score (nSPS) is 29.4. The first-order chi connectivity index (χ1) is 9.94. The van der Waals surface area contributed by atoms with Crippen LogP contribution < -0.4 is 5.49 Å². The van der Waals surface area contributed by atoms with E-state index in [0.717, 1.165) is 12.8 Å². The molecule has 1 heterocycles. The molecule has 2 aliphatic carbocycles. The summed E-state index contributed by atoms with van der Waals surface area (Å²) >= 11 is 12.3. The number of nitrogens with zero attached hydrogens (tertiary/aromatic N) is 2. The van der Waals surface area contributed by atoms with Gasteiger partial charge in [0.05, 0.1) is 11.5 Å². The Morgan fingerprint density at radius 1 is 1.29 bits per heavy atom. The highest BCUT2D eigenvalue weighted by Gasteiger charge is 2.68. The monoisotopic (exact) mass is 326 g/mol. The SMILES string of the molecule is CC1(C(=O)n2ccccc2=NC2CCCCC2)CC1(Cl)Cl. The average molecular weight is 327 g/mol. The van der Waals surface area contributed by atoms with Gasteiger partial charge in [-0.05, 0) is 38.3 Å². The van der Waals surface area contributed by atoms with Crippen molar-refractivity contribution in [2.75, 3.05) is 0 Å². The Labute approximate surface area is 135 Å². The van der Waals surface area contributed by atoms with Crippen molar-refractivity contribution >= 4 is 29.1 Å². The molecule has 21 heavy (non-hydrogen) atoms. The van der Waals surface area contributed by atoms with Gasteiger partial charge >= 0.3 is 0 Å². The van der Waals surface area contributed by atoms with Gasteiger partial charge in [-0.1, -0.05) is 25.3 Å². The first-order valence-corrected chi connectivity index (χ1v) is 8.34. The number of carbonyl (C=O) groups is 1. The number of pyridine rings is 1. The number of alkyl halides is 2. The van der Waals surface area contributed by atoms with Crippen LogP contribution in [0.1, 0.15) is 50.2 Å².